The van der Waals surface area contributed by atoms with Crippen molar-refractivity contribution in [1.82, 2.24) is 36.9 Å². The predicted octanol–water partition coefficient (Wildman–Crippen LogP) is 0.591. The van der Waals surface area contributed by atoms with Crippen LogP contribution in [0.4, 0.5) is 0 Å². The van der Waals surface area contributed by atoms with Crippen molar-refractivity contribution in [1.29, 1.82) is 0 Å². The third kappa shape index (κ3) is 358. The summed E-state index contributed by atoms with van der Waals surface area (Å²) in [6.45, 7) is 0. The van der Waals surface area contributed by atoms with E-state index in [4.69, 9.17) is 0 Å². The second-order valence-electron chi connectivity index (χ2n) is 0. The zero-order valence-corrected chi connectivity index (χ0v) is 8.12. The van der Waals surface area contributed by atoms with Crippen molar-refractivity contribution in [2.45, 2.75) is 0 Å². The van der Waals surface area contributed by atoms with E-state index >= 15 is 0 Å². The number of hydrogen-bond acceptors (Lipinski definition) is 6. The molecule has 0 heterocycles. The molecule has 0 aliphatic rings. The van der Waals surface area contributed by atoms with Crippen molar-refractivity contribution in [3.05, 3.63) is 0 Å². The minimum Gasteiger partial charge on any atom is -0.344 e. The van der Waals surface area contributed by atoms with E-state index in [1.165, 1.54) is 0 Å². The van der Waals surface area contributed by atoms with Crippen molar-refractivity contribution in [3.63, 3.8) is 0 Å². The van der Waals surface area contributed by atoms with E-state index in [9.17, 15) is 0 Å². The van der Waals surface area contributed by atoms with Gasteiger partial charge in [0.15, 0.2) is 0 Å². The van der Waals surface area contributed by atoms with Crippen molar-refractivity contribution in [2.75, 3.05) is 0 Å². The average Bonchev–Trinajstić information content (AvgIpc) is 0. The summed E-state index contributed by atoms with van der Waals surface area (Å²) < 4.78 is 0. The molecule has 0 atom stereocenters. The summed E-state index contributed by atoms with van der Waals surface area (Å²) in [7, 11) is 0. The van der Waals surface area contributed by atoms with Crippen molar-refractivity contribution < 1.29 is 0 Å². The molecule has 0 saturated heterocycles. The van der Waals surface area contributed by atoms with Crippen LogP contribution in [0.5, 0.6) is 0 Å². The summed E-state index contributed by atoms with van der Waals surface area (Å²) in [6.07, 6.45) is 0. The van der Waals surface area contributed by atoms with Crippen LogP contribution < -0.4 is 36.9 Å². The first-order chi connectivity index (χ1) is 0. The SMILES string of the molecule is N.N.N.N.N.N.[In]. The average molecular weight is 217 g/mol. The molecule has 0 bridgehead atoms. The topological polar surface area (TPSA) is 210 Å². The molecule has 0 aliphatic heterocycles. The normalized spacial score (nSPS) is 0. The van der Waals surface area contributed by atoms with E-state index in [1.807, 2.05) is 0 Å². The van der Waals surface area contributed by atoms with Gasteiger partial charge in [0.2, 0.25) is 0 Å². The molecule has 0 fully saturated rings. The summed E-state index contributed by atoms with van der Waals surface area (Å²) in [5.41, 5.74) is 0. The first-order valence-corrected chi connectivity index (χ1v) is 0. The molecule has 6 nitrogen and oxygen atoms in total. The van der Waals surface area contributed by atoms with E-state index in [2.05, 4.69) is 0 Å². The molecule has 3 radical (unpaired) electrons. The van der Waals surface area contributed by atoms with E-state index < -0.39 is 0 Å². The van der Waals surface area contributed by atoms with Crippen molar-refractivity contribution in [3.8, 4) is 0 Å². The van der Waals surface area contributed by atoms with Gasteiger partial charge in [-0.25, -0.2) is 0 Å². The zero-order chi connectivity index (χ0) is 0. The van der Waals surface area contributed by atoms with E-state index in [0.717, 1.165) is 0 Å². The van der Waals surface area contributed by atoms with Crippen LogP contribution in [0.25, 0.3) is 0 Å². The van der Waals surface area contributed by atoms with Gasteiger partial charge in [0.05, 0.1) is 0 Å². The molecule has 7 heavy (non-hydrogen) atoms. The Morgan fingerprint density at radius 2 is 0.286 bits per heavy atom. The fourth-order valence-corrected chi connectivity index (χ4v) is 0. The first kappa shape index (κ1) is 845. The third-order valence-corrected chi connectivity index (χ3v) is 0. The fourth-order valence-electron chi connectivity index (χ4n) is 0. The van der Waals surface area contributed by atoms with E-state index in [1.54, 1.807) is 0 Å². The van der Waals surface area contributed by atoms with Gasteiger partial charge in [-0.3, -0.25) is 0 Å². The monoisotopic (exact) mass is 217 g/mol. The van der Waals surface area contributed by atoms with E-state index in [-0.39, 0.29) is 62.7 Å². The van der Waals surface area contributed by atoms with Gasteiger partial charge in [-0.05, 0) is 0 Å². The Morgan fingerprint density at radius 1 is 0.286 bits per heavy atom. The van der Waals surface area contributed by atoms with Gasteiger partial charge in [-0.2, -0.15) is 0 Å². The molecule has 0 rings (SSSR count). The molecule has 0 amide bonds. The summed E-state index contributed by atoms with van der Waals surface area (Å²) in [6, 6.07) is 0. The molecule has 51 valence electrons. The van der Waals surface area contributed by atoms with Gasteiger partial charge < -0.3 is 36.9 Å². The molecule has 0 spiro atoms. The second-order valence-corrected chi connectivity index (χ2v) is 0. The maximum absolute atomic E-state index is 0. The Balaban J connectivity index is 0. The standard InChI is InChI=1S/In.6H3N/h;6*1H3. The molecule has 0 aliphatic carbocycles. The quantitative estimate of drug-likeness (QED) is 0.341. The van der Waals surface area contributed by atoms with Crippen LogP contribution in [0.15, 0.2) is 0 Å². The first-order valence-electron chi connectivity index (χ1n) is 0. The summed E-state index contributed by atoms with van der Waals surface area (Å²) in [5.74, 6) is 0. The predicted molar refractivity (Wildman–Crippen MR) is 35.9 cm³/mol. The smallest absolute Gasteiger partial charge is 0 e. The van der Waals surface area contributed by atoms with Crippen LogP contribution in [-0.2, 0) is 0 Å². The minimum atomic E-state index is 0. The molecule has 0 saturated carbocycles. The van der Waals surface area contributed by atoms with Gasteiger partial charge in [0, 0.05) is 25.8 Å². The number of rotatable bonds is 0. The largest absolute Gasteiger partial charge is 0.344 e. The second kappa shape index (κ2) is 529. The molecule has 0 aromatic rings. The Hall–Kier alpha value is 0.630. The van der Waals surface area contributed by atoms with Crippen LogP contribution in [-0.4, -0.2) is 25.8 Å². The third-order valence-electron chi connectivity index (χ3n) is 0. The van der Waals surface area contributed by atoms with Gasteiger partial charge in [0.25, 0.3) is 0 Å². The van der Waals surface area contributed by atoms with Crippen LogP contribution in [0.3, 0.4) is 0 Å². The molecule has 0 aromatic carbocycles. The molecule has 7 heteroatoms. The van der Waals surface area contributed by atoms with E-state index in [0.29, 0.717) is 0 Å². The Labute approximate surface area is 63.1 Å². The number of hydrogen-bond donors (Lipinski definition) is 6. The zero-order valence-electron chi connectivity index (χ0n) is 4.82. The van der Waals surface area contributed by atoms with Gasteiger partial charge in [0.1, 0.15) is 0 Å². The van der Waals surface area contributed by atoms with Crippen LogP contribution in [0, 0.1) is 0 Å². The van der Waals surface area contributed by atoms with Gasteiger partial charge in [-0.15, -0.1) is 0 Å². The molecular formula is H18InN6. The summed E-state index contributed by atoms with van der Waals surface area (Å²) >= 11 is 0. The molecule has 18 N–H and O–H groups in total. The Morgan fingerprint density at radius 3 is 0.286 bits per heavy atom. The minimum absolute atomic E-state index is 0. The van der Waals surface area contributed by atoms with Crippen molar-refractivity contribution >= 4 is 25.8 Å². The maximum Gasteiger partial charge on any atom is 0 e. The summed E-state index contributed by atoms with van der Waals surface area (Å²) in [5, 5.41) is 0. The maximum atomic E-state index is 0. The molecule has 0 unspecified atom stereocenters. The Kier molecular flexibility index (Phi) is 63900. The summed E-state index contributed by atoms with van der Waals surface area (Å²) in [4.78, 5) is 0. The van der Waals surface area contributed by atoms with Crippen LogP contribution in [0.1, 0.15) is 0 Å². The van der Waals surface area contributed by atoms with Crippen LogP contribution in [0.2, 0.25) is 0 Å². The van der Waals surface area contributed by atoms with Gasteiger partial charge in [-0.1, -0.05) is 0 Å². The van der Waals surface area contributed by atoms with Crippen LogP contribution >= 0.6 is 0 Å². The Bertz CT molecular complexity index is 4.14. The molecule has 0 aromatic heterocycles. The molecular weight excluding hydrogens is 199 g/mol. The van der Waals surface area contributed by atoms with Crippen molar-refractivity contribution in [2.24, 2.45) is 0 Å². The van der Waals surface area contributed by atoms with Gasteiger partial charge >= 0.3 is 0 Å². The fraction of sp³-hybridized carbons (Fsp3) is 0.